The van der Waals surface area contributed by atoms with Gasteiger partial charge in [0.05, 0.1) is 17.8 Å². The van der Waals surface area contributed by atoms with E-state index in [0.29, 0.717) is 0 Å². The van der Waals surface area contributed by atoms with E-state index in [1.54, 1.807) is 14.1 Å². The van der Waals surface area contributed by atoms with Gasteiger partial charge in [-0.1, -0.05) is 6.58 Å². The molecule has 0 saturated heterocycles. The Morgan fingerprint density at radius 2 is 1.89 bits per heavy atom. The summed E-state index contributed by atoms with van der Waals surface area (Å²) in [6, 6.07) is 1.76. The van der Waals surface area contributed by atoms with Gasteiger partial charge in [-0.15, -0.1) is 0 Å². The molecule has 0 aliphatic heterocycles. The lowest BCUT2D eigenvalue weighted by molar-refractivity contribution is -0.175. The van der Waals surface area contributed by atoms with Crippen molar-refractivity contribution in [3.8, 4) is 5.75 Å². The highest BCUT2D eigenvalue weighted by Gasteiger charge is 2.34. The maximum atomic E-state index is 13.6. The average Bonchev–Trinajstić information content (AvgIpc) is 2.24. The van der Waals surface area contributed by atoms with Gasteiger partial charge in [0.25, 0.3) is 0 Å². The number of nitrogens with two attached hydrogens (primary N) is 2. The first kappa shape index (κ1) is 15.0. The highest BCUT2D eigenvalue weighted by Crippen LogP contribution is 2.33. The van der Waals surface area contributed by atoms with Crippen LogP contribution in [0.5, 0.6) is 5.75 Å². The Bertz CT molecular complexity index is 489. The van der Waals surface area contributed by atoms with Gasteiger partial charge in [0.15, 0.2) is 5.75 Å². The van der Waals surface area contributed by atoms with Crippen LogP contribution in [-0.4, -0.2) is 25.1 Å². The van der Waals surface area contributed by atoms with Crippen LogP contribution < -0.4 is 16.2 Å². The summed E-state index contributed by atoms with van der Waals surface area (Å²) in [6.45, 7) is 3.48. The molecule has 0 aliphatic carbocycles. The molecule has 0 fully saturated rings. The molecule has 1 rings (SSSR count). The molecule has 0 spiro atoms. The van der Waals surface area contributed by atoms with Crippen LogP contribution in [0.3, 0.4) is 0 Å². The molecule has 0 atom stereocenters. The maximum Gasteiger partial charge on any atom is 0.403 e. The lowest BCUT2D eigenvalue weighted by atomic mass is 10.2. The topological polar surface area (TPSA) is 64.5 Å². The molecule has 19 heavy (non-hydrogen) atoms. The number of anilines is 2. The SMILES string of the molecule is C=C(CC(F)(F)Oc1cc(F)c(N)cc1N)N(C)C. The van der Waals surface area contributed by atoms with Crippen molar-refractivity contribution in [1.82, 2.24) is 4.90 Å². The second-order valence-electron chi connectivity index (χ2n) is 4.29. The van der Waals surface area contributed by atoms with Crippen molar-refractivity contribution in [3.05, 3.63) is 30.2 Å². The summed E-state index contributed by atoms with van der Waals surface area (Å²) in [5.74, 6) is -1.32. The normalized spacial score (nSPS) is 11.2. The molecule has 4 N–H and O–H groups in total. The highest BCUT2D eigenvalue weighted by atomic mass is 19.3. The van der Waals surface area contributed by atoms with E-state index in [1.165, 1.54) is 4.90 Å². The number of alkyl halides is 2. The minimum Gasteiger partial charge on any atom is -0.430 e. The van der Waals surface area contributed by atoms with E-state index in [0.717, 1.165) is 12.1 Å². The van der Waals surface area contributed by atoms with Gasteiger partial charge in [-0.3, -0.25) is 0 Å². The van der Waals surface area contributed by atoms with E-state index >= 15 is 0 Å². The molecule has 0 amide bonds. The van der Waals surface area contributed by atoms with Gasteiger partial charge in [0.2, 0.25) is 0 Å². The van der Waals surface area contributed by atoms with Crippen molar-refractivity contribution in [2.24, 2.45) is 0 Å². The molecular formula is C12H16F3N3O. The summed E-state index contributed by atoms with van der Waals surface area (Å²) in [5, 5.41) is 0. The Labute approximate surface area is 109 Å². The molecule has 7 heteroatoms. The monoisotopic (exact) mass is 275 g/mol. The van der Waals surface area contributed by atoms with E-state index in [1.807, 2.05) is 0 Å². The number of halogens is 3. The van der Waals surface area contributed by atoms with Gasteiger partial charge in [-0.2, -0.15) is 8.78 Å². The van der Waals surface area contributed by atoms with Crippen LogP contribution in [0, 0.1) is 5.82 Å². The molecule has 1 aromatic rings. The molecule has 0 heterocycles. The van der Waals surface area contributed by atoms with Gasteiger partial charge < -0.3 is 21.1 Å². The quantitative estimate of drug-likeness (QED) is 0.810. The summed E-state index contributed by atoms with van der Waals surface area (Å²) in [5.41, 5.74) is 10.5. The standard InChI is InChI=1S/C12H16F3N3O/c1-7(18(2)3)6-12(14,15)19-11-4-8(13)9(16)5-10(11)17/h4-5H,1,6,16-17H2,2-3H3. The van der Waals surface area contributed by atoms with E-state index in [2.05, 4.69) is 11.3 Å². The van der Waals surface area contributed by atoms with Crippen LogP contribution in [0.4, 0.5) is 24.5 Å². The fraction of sp³-hybridized carbons (Fsp3) is 0.333. The smallest absolute Gasteiger partial charge is 0.403 e. The third kappa shape index (κ3) is 3.97. The molecule has 0 bridgehead atoms. The lowest BCUT2D eigenvalue weighted by Gasteiger charge is -2.23. The minimum absolute atomic E-state index is 0.158. The second-order valence-corrected chi connectivity index (χ2v) is 4.29. The van der Waals surface area contributed by atoms with E-state index in [4.69, 9.17) is 11.5 Å². The Morgan fingerprint density at radius 1 is 1.32 bits per heavy atom. The second kappa shape index (κ2) is 5.29. The Balaban J connectivity index is 2.89. The van der Waals surface area contributed by atoms with Crippen LogP contribution in [0.2, 0.25) is 0 Å². The van der Waals surface area contributed by atoms with Crippen LogP contribution in [0.1, 0.15) is 6.42 Å². The van der Waals surface area contributed by atoms with Crippen molar-refractivity contribution in [2.75, 3.05) is 25.6 Å². The summed E-state index contributed by atoms with van der Waals surface area (Å²) >= 11 is 0. The van der Waals surface area contributed by atoms with Gasteiger partial charge in [-0.25, -0.2) is 4.39 Å². The number of ether oxygens (including phenoxy) is 1. The number of rotatable bonds is 5. The largest absolute Gasteiger partial charge is 0.430 e. The van der Waals surface area contributed by atoms with Crippen molar-refractivity contribution >= 4 is 11.4 Å². The van der Waals surface area contributed by atoms with Gasteiger partial charge in [-0.05, 0) is 6.07 Å². The van der Waals surface area contributed by atoms with Crippen LogP contribution in [0.15, 0.2) is 24.4 Å². The summed E-state index contributed by atoms with van der Waals surface area (Å²) in [4.78, 5) is 1.43. The number of nitrogens with zero attached hydrogens (tertiary/aromatic N) is 1. The molecule has 0 radical (unpaired) electrons. The van der Waals surface area contributed by atoms with E-state index in [9.17, 15) is 13.2 Å². The number of hydrogen-bond acceptors (Lipinski definition) is 4. The van der Waals surface area contributed by atoms with Crippen molar-refractivity contribution in [2.45, 2.75) is 12.5 Å². The van der Waals surface area contributed by atoms with Gasteiger partial charge >= 0.3 is 6.11 Å². The molecule has 1 aromatic carbocycles. The lowest BCUT2D eigenvalue weighted by Crippen LogP contribution is -2.28. The highest BCUT2D eigenvalue weighted by molar-refractivity contribution is 5.61. The van der Waals surface area contributed by atoms with Gasteiger partial charge in [0, 0.05) is 25.9 Å². The first-order chi connectivity index (χ1) is 8.62. The summed E-state index contributed by atoms with van der Waals surface area (Å²) in [7, 11) is 3.16. The predicted octanol–water partition coefficient (Wildman–Crippen LogP) is 2.43. The third-order valence-electron chi connectivity index (χ3n) is 2.43. The number of benzene rings is 1. The van der Waals surface area contributed by atoms with Crippen molar-refractivity contribution < 1.29 is 17.9 Å². The molecule has 0 unspecified atom stereocenters. The van der Waals surface area contributed by atoms with Crippen LogP contribution >= 0.6 is 0 Å². The van der Waals surface area contributed by atoms with Crippen LogP contribution in [-0.2, 0) is 0 Å². The fourth-order valence-electron chi connectivity index (χ4n) is 1.27. The predicted molar refractivity (Wildman–Crippen MR) is 68.2 cm³/mol. The first-order valence-electron chi connectivity index (χ1n) is 5.39. The fourth-order valence-corrected chi connectivity index (χ4v) is 1.27. The van der Waals surface area contributed by atoms with Gasteiger partial charge in [0.1, 0.15) is 5.82 Å². The first-order valence-corrected chi connectivity index (χ1v) is 5.39. The molecule has 0 saturated carbocycles. The minimum atomic E-state index is -3.54. The summed E-state index contributed by atoms with van der Waals surface area (Å²) in [6.07, 6.45) is -4.27. The Hall–Kier alpha value is -2.05. The summed E-state index contributed by atoms with van der Waals surface area (Å²) < 4.78 is 44.9. The zero-order valence-electron chi connectivity index (χ0n) is 10.7. The Kier molecular flexibility index (Phi) is 4.18. The molecular weight excluding hydrogens is 259 g/mol. The zero-order chi connectivity index (χ0) is 14.8. The molecule has 4 nitrogen and oxygen atoms in total. The third-order valence-corrected chi connectivity index (χ3v) is 2.43. The van der Waals surface area contributed by atoms with Crippen molar-refractivity contribution in [3.63, 3.8) is 0 Å². The molecule has 0 aliphatic rings. The molecule has 0 aromatic heterocycles. The molecule has 106 valence electrons. The number of hydrogen-bond donors (Lipinski definition) is 2. The van der Waals surface area contributed by atoms with Crippen LogP contribution in [0.25, 0.3) is 0 Å². The zero-order valence-corrected chi connectivity index (χ0v) is 10.7. The average molecular weight is 275 g/mol. The van der Waals surface area contributed by atoms with Crippen molar-refractivity contribution in [1.29, 1.82) is 0 Å². The van der Waals surface area contributed by atoms with E-state index < -0.39 is 24.1 Å². The van der Waals surface area contributed by atoms with E-state index in [-0.39, 0.29) is 17.1 Å². The maximum absolute atomic E-state index is 13.6. The number of nitrogen functional groups attached to an aromatic ring is 2. The Morgan fingerprint density at radius 3 is 2.42 bits per heavy atom.